The second-order valence-electron chi connectivity index (χ2n) is 5.93. The number of halogens is 2. The number of hydrogen-bond acceptors (Lipinski definition) is 5. The molecule has 1 N–H and O–H groups in total. The zero-order chi connectivity index (χ0) is 20.3. The number of nitrogens with one attached hydrogen (secondary N) is 1. The minimum Gasteiger partial charge on any atom is -0.298 e. The first-order valence-corrected chi connectivity index (χ1v) is 9.97. The lowest BCUT2D eigenvalue weighted by molar-refractivity contribution is -0.384. The number of amides is 1. The fourth-order valence-electron chi connectivity index (χ4n) is 2.57. The third kappa shape index (κ3) is 4.49. The molecule has 3 rings (SSSR count). The van der Waals surface area contributed by atoms with Gasteiger partial charge < -0.3 is 0 Å². The molecule has 9 heteroatoms. The van der Waals surface area contributed by atoms with E-state index in [1.807, 2.05) is 6.07 Å². The van der Waals surface area contributed by atoms with Gasteiger partial charge in [-0.3, -0.25) is 20.2 Å². The van der Waals surface area contributed by atoms with Gasteiger partial charge in [0, 0.05) is 28.1 Å². The summed E-state index contributed by atoms with van der Waals surface area (Å²) < 4.78 is 0. The maximum atomic E-state index is 12.5. The van der Waals surface area contributed by atoms with Crippen LogP contribution in [0, 0.1) is 10.1 Å². The first-order valence-electron chi connectivity index (χ1n) is 8.40. The quantitative estimate of drug-likeness (QED) is 0.367. The van der Waals surface area contributed by atoms with Crippen LogP contribution in [0.3, 0.4) is 0 Å². The first kappa shape index (κ1) is 20.3. The van der Waals surface area contributed by atoms with Crippen LogP contribution in [0.15, 0.2) is 42.5 Å². The number of rotatable bonds is 6. The molecule has 0 bridgehead atoms. The largest absolute Gasteiger partial charge is 0.298 e. The number of benzene rings is 2. The lowest BCUT2D eigenvalue weighted by atomic mass is 10.1. The van der Waals surface area contributed by atoms with Crippen molar-refractivity contribution in [3.63, 3.8) is 0 Å². The van der Waals surface area contributed by atoms with Gasteiger partial charge in [-0.15, -0.1) is 11.3 Å². The molecule has 1 heterocycles. The number of nitro groups is 1. The van der Waals surface area contributed by atoms with Crippen molar-refractivity contribution in [2.75, 3.05) is 5.32 Å². The van der Waals surface area contributed by atoms with Crippen molar-refractivity contribution in [3.8, 4) is 11.3 Å². The Balaban J connectivity index is 1.87. The molecular formula is C19H15Cl2N3O3S. The fraction of sp³-hybridized carbons (Fsp3) is 0.158. The molecule has 0 spiro atoms. The van der Waals surface area contributed by atoms with Crippen LogP contribution < -0.4 is 5.32 Å². The summed E-state index contributed by atoms with van der Waals surface area (Å²) in [7, 11) is 0. The fourth-order valence-corrected chi connectivity index (χ4v) is 3.95. The lowest BCUT2D eigenvalue weighted by Crippen LogP contribution is -2.11. The van der Waals surface area contributed by atoms with Crippen molar-refractivity contribution < 1.29 is 9.72 Å². The van der Waals surface area contributed by atoms with E-state index in [0.717, 1.165) is 29.0 Å². The summed E-state index contributed by atoms with van der Waals surface area (Å²) in [6, 6.07) is 10.7. The topological polar surface area (TPSA) is 85.1 Å². The summed E-state index contributed by atoms with van der Waals surface area (Å²) in [5.74, 6) is -0.382. The molecule has 1 aromatic heterocycles. The molecule has 0 radical (unpaired) electrons. The van der Waals surface area contributed by atoms with E-state index in [4.69, 9.17) is 23.2 Å². The van der Waals surface area contributed by atoms with Crippen molar-refractivity contribution >= 4 is 51.3 Å². The predicted octanol–water partition coefficient (Wildman–Crippen LogP) is 6.23. The maximum Gasteiger partial charge on any atom is 0.269 e. The molecule has 28 heavy (non-hydrogen) atoms. The Hall–Kier alpha value is -2.48. The zero-order valence-electron chi connectivity index (χ0n) is 14.7. The summed E-state index contributed by atoms with van der Waals surface area (Å²) in [6.07, 6.45) is 1.73. The standard InChI is InChI=1S/C19H15Cl2N3O3S/c1-2-3-16-17(12-6-9-14(20)15(21)10-12)22-19(28-16)23-18(25)11-4-7-13(8-5-11)24(26)27/h4-10H,2-3H2,1H3,(H,22,23,25). The molecular weight excluding hydrogens is 421 g/mol. The molecule has 144 valence electrons. The molecule has 0 aliphatic heterocycles. The summed E-state index contributed by atoms with van der Waals surface area (Å²) in [6.45, 7) is 2.06. The minimum atomic E-state index is -0.511. The van der Waals surface area contributed by atoms with Crippen molar-refractivity contribution in [1.29, 1.82) is 0 Å². The SMILES string of the molecule is CCCc1sc(NC(=O)c2ccc([N+](=O)[O-])cc2)nc1-c1ccc(Cl)c(Cl)c1. The number of thiazole rings is 1. The molecule has 3 aromatic rings. The Labute approximate surface area is 175 Å². The van der Waals surface area contributed by atoms with Gasteiger partial charge in [0.2, 0.25) is 0 Å². The highest BCUT2D eigenvalue weighted by Crippen LogP contribution is 2.35. The highest BCUT2D eigenvalue weighted by Gasteiger charge is 2.16. The van der Waals surface area contributed by atoms with Gasteiger partial charge in [0.15, 0.2) is 5.13 Å². The van der Waals surface area contributed by atoms with Gasteiger partial charge in [0.25, 0.3) is 11.6 Å². The van der Waals surface area contributed by atoms with Crippen LogP contribution in [0.1, 0.15) is 28.6 Å². The summed E-state index contributed by atoms with van der Waals surface area (Å²) in [5.41, 5.74) is 1.82. The van der Waals surface area contributed by atoms with E-state index in [2.05, 4.69) is 17.2 Å². The van der Waals surface area contributed by atoms with E-state index >= 15 is 0 Å². The maximum absolute atomic E-state index is 12.5. The Kier molecular flexibility index (Phi) is 6.28. The highest BCUT2D eigenvalue weighted by molar-refractivity contribution is 7.16. The molecule has 0 unspecified atom stereocenters. The molecule has 0 fully saturated rings. The third-order valence-corrected chi connectivity index (χ3v) is 5.70. The first-order chi connectivity index (χ1) is 13.4. The number of nitro benzene ring substituents is 1. The number of non-ortho nitro benzene ring substituents is 1. The predicted molar refractivity (Wildman–Crippen MR) is 113 cm³/mol. The average Bonchev–Trinajstić information content (AvgIpc) is 3.06. The van der Waals surface area contributed by atoms with E-state index in [1.165, 1.54) is 35.6 Å². The van der Waals surface area contributed by atoms with Crippen molar-refractivity contribution in [1.82, 2.24) is 4.98 Å². The van der Waals surface area contributed by atoms with E-state index < -0.39 is 4.92 Å². The lowest BCUT2D eigenvalue weighted by Gasteiger charge is -2.03. The van der Waals surface area contributed by atoms with Crippen LogP contribution in [0.25, 0.3) is 11.3 Å². The number of carbonyl (C=O) groups excluding carboxylic acids is 1. The van der Waals surface area contributed by atoms with Crippen LogP contribution in [0.4, 0.5) is 10.8 Å². The minimum absolute atomic E-state index is 0.0714. The molecule has 2 aromatic carbocycles. The van der Waals surface area contributed by atoms with E-state index in [9.17, 15) is 14.9 Å². The van der Waals surface area contributed by atoms with E-state index in [-0.39, 0.29) is 11.6 Å². The van der Waals surface area contributed by atoms with Gasteiger partial charge in [-0.25, -0.2) is 4.98 Å². The molecule has 0 saturated heterocycles. The number of anilines is 1. The normalized spacial score (nSPS) is 10.7. The number of nitrogens with zero attached hydrogens (tertiary/aromatic N) is 2. The number of hydrogen-bond donors (Lipinski definition) is 1. The smallest absolute Gasteiger partial charge is 0.269 e. The van der Waals surface area contributed by atoms with Gasteiger partial charge in [0.05, 0.1) is 20.7 Å². The molecule has 0 aliphatic carbocycles. The van der Waals surface area contributed by atoms with Gasteiger partial charge >= 0.3 is 0 Å². The molecule has 0 saturated carbocycles. The monoisotopic (exact) mass is 435 g/mol. The van der Waals surface area contributed by atoms with Crippen LogP contribution in [-0.2, 0) is 6.42 Å². The van der Waals surface area contributed by atoms with Gasteiger partial charge in [-0.2, -0.15) is 0 Å². The van der Waals surface area contributed by atoms with Crippen molar-refractivity contribution in [2.45, 2.75) is 19.8 Å². The Bertz CT molecular complexity index is 1040. The second kappa shape index (κ2) is 8.68. The van der Waals surface area contributed by atoms with Gasteiger partial charge in [0.1, 0.15) is 0 Å². The Morgan fingerprint density at radius 2 is 1.89 bits per heavy atom. The van der Waals surface area contributed by atoms with Gasteiger partial charge in [-0.1, -0.05) is 42.6 Å². The average molecular weight is 436 g/mol. The van der Waals surface area contributed by atoms with E-state index in [0.29, 0.717) is 20.7 Å². The van der Waals surface area contributed by atoms with Crippen LogP contribution >= 0.6 is 34.5 Å². The summed E-state index contributed by atoms with van der Waals surface area (Å²) in [4.78, 5) is 28.3. The molecule has 0 aliphatic rings. The van der Waals surface area contributed by atoms with Crippen LogP contribution in [0.2, 0.25) is 10.0 Å². The van der Waals surface area contributed by atoms with E-state index in [1.54, 1.807) is 12.1 Å². The number of aryl methyl sites for hydroxylation is 1. The van der Waals surface area contributed by atoms with Crippen LogP contribution in [0.5, 0.6) is 0 Å². The van der Waals surface area contributed by atoms with Gasteiger partial charge in [-0.05, 0) is 30.7 Å². The van der Waals surface area contributed by atoms with Crippen LogP contribution in [-0.4, -0.2) is 15.8 Å². The number of carbonyl (C=O) groups is 1. The number of aromatic nitrogens is 1. The third-order valence-electron chi connectivity index (χ3n) is 3.93. The summed E-state index contributed by atoms with van der Waals surface area (Å²) >= 11 is 13.5. The molecule has 0 atom stereocenters. The summed E-state index contributed by atoms with van der Waals surface area (Å²) in [5, 5.41) is 14.8. The van der Waals surface area contributed by atoms with Crippen molar-refractivity contribution in [2.24, 2.45) is 0 Å². The zero-order valence-corrected chi connectivity index (χ0v) is 17.1. The second-order valence-corrected chi connectivity index (χ2v) is 7.83. The van der Waals surface area contributed by atoms with Crippen molar-refractivity contribution in [3.05, 3.63) is 73.1 Å². The Morgan fingerprint density at radius 3 is 2.50 bits per heavy atom. The molecule has 1 amide bonds. The molecule has 6 nitrogen and oxygen atoms in total. The highest BCUT2D eigenvalue weighted by atomic mass is 35.5. The Morgan fingerprint density at radius 1 is 1.18 bits per heavy atom.